The molecule has 2 aliphatic heterocycles. The predicted molar refractivity (Wildman–Crippen MR) is 153 cm³/mol. The summed E-state index contributed by atoms with van der Waals surface area (Å²) < 4.78 is 6.31. The van der Waals surface area contributed by atoms with E-state index in [9.17, 15) is 14.4 Å². The number of hydrogen-bond acceptors (Lipinski definition) is 4. The summed E-state index contributed by atoms with van der Waals surface area (Å²) in [6, 6.07) is 13.1. The Hall–Kier alpha value is -3.41. The molecule has 0 aromatic heterocycles. The Labute approximate surface area is 235 Å². The third kappa shape index (κ3) is 3.78. The lowest BCUT2D eigenvalue weighted by atomic mass is 10.0. The van der Waals surface area contributed by atoms with E-state index >= 15 is 0 Å². The van der Waals surface area contributed by atoms with Crippen LogP contribution in [0.4, 0.5) is 11.4 Å². The molecule has 40 heavy (non-hydrogen) atoms. The van der Waals surface area contributed by atoms with Gasteiger partial charge in [-0.2, -0.15) is 0 Å². The summed E-state index contributed by atoms with van der Waals surface area (Å²) in [6.07, 6.45) is 14.1. The van der Waals surface area contributed by atoms with E-state index in [0.717, 1.165) is 72.2 Å². The molecule has 2 aromatic carbocycles. The number of esters is 1. The van der Waals surface area contributed by atoms with Crippen molar-refractivity contribution in [1.29, 1.82) is 0 Å². The molecule has 0 N–H and O–H groups in total. The van der Waals surface area contributed by atoms with Gasteiger partial charge in [-0.15, -0.1) is 0 Å². The van der Waals surface area contributed by atoms with E-state index in [1.165, 1.54) is 12.8 Å². The van der Waals surface area contributed by atoms with Crippen LogP contribution in [0.15, 0.2) is 48.6 Å². The summed E-state index contributed by atoms with van der Waals surface area (Å²) in [5.74, 6) is 1.34. The Morgan fingerprint density at radius 3 is 1.88 bits per heavy atom. The molecule has 0 bridgehead atoms. The summed E-state index contributed by atoms with van der Waals surface area (Å²) in [7, 11) is 0. The van der Waals surface area contributed by atoms with Gasteiger partial charge in [0, 0.05) is 47.4 Å². The predicted octanol–water partition coefficient (Wildman–Crippen LogP) is 6.47. The second-order valence-electron chi connectivity index (χ2n) is 12.8. The first-order valence-corrected chi connectivity index (χ1v) is 15.3. The second-order valence-corrected chi connectivity index (χ2v) is 12.8. The highest BCUT2D eigenvalue weighted by Gasteiger charge is 2.45. The van der Waals surface area contributed by atoms with Crippen molar-refractivity contribution in [3.63, 3.8) is 0 Å². The summed E-state index contributed by atoms with van der Waals surface area (Å²) in [5, 5.41) is 0. The van der Waals surface area contributed by atoms with E-state index < -0.39 is 6.10 Å². The fourth-order valence-electron chi connectivity index (χ4n) is 8.75. The molecule has 206 valence electrons. The first kappa shape index (κ1) is 24.4. The lowest BCUT2D eigenvalue weighted by molar-refractivity contribution is -0.148. The van der Waals surface area contributed by atoms with Crippen LogP contribution in [-0.2, 0) is 19.1 Å². The Balaban J connectivity index is 1.17. The molecule has 0 spiro atoms. The fraction of sp³-hybridized carbons (Fsp3) is 0.500. The van der Waals surface area contributed by atoms with Gasteiger partial charge in [0.2, 0.25) is 11.8 Å². The van der Waals surface area contributed by atoms with Crippen LogP contribution in [0.5, 0.6) is 0 Å². The summed E-state index contributed by atoms with van der Waals surface area (Å²) in [4.78, 5) is 43.4. The minimum absolute atomic E-state index is 0.197. The number of nitrogens with zero attached hydrogens (tertiary/aromatic N) is 2. The van der Waals surface area contributed by atoms with E-state index in [-0.39, 0.29) is 35.8 Å². The van der Waals surface area contributed by atoms with E-state index in [0.29, 0.717) is 31.1 Å². The Kier molecular flexibility index (Phi) is 5.68. The smallest absolute Gasteiger partial charge is 0.307 e. The Morgan fingerprint density at radius 2 is 1.35 bits per heavy atom. The Morgan fingerprint density at radius 1 is 0.775 bits per heavy atom. The van der Waals surface area contributed by atoms with E-state index in [4.69, 9.17) is 4.74 Å². The highest BCUT2D eigenvalue weighted by atomic mass is 16.5. The van der Waals surface area contributed by atoms with Gasteiger partial charge >= 0.3 is 5.97 Å². The first-order chi connectivity index (χ1) is 19.5. The molecule has 2 aromatic rings. The van der Waals surface area contributed by atoms with Crippen molar-refractivity contribution in [2.75, 3.05) is 9.80 Å². The van der Waals surface area contributed by atoms with E-state index in [1.54, 1.807) is 0 Å². The average Bonchev–Trinajstić information content (AvgIpc) is 3.77. The van der Waals surface area contributed by atoms with Gasteiger partial charge in [-0.05, 0) is 91.7 Å². The van der Waals surface area contributed by atoms with E-state index in [2.05, 4.69) is 48.6 Å². The molecule has 0 radical (unpaired) electrons. The van der Waals surface area contributed by atoms with Crippen LogP contribution in [0.3, 0.4) is 0 Å². The third-order valence-electron chi connectivity index (χ3n) is 10.6. The van der Waals surface area contributed by atoms with Gasteiger partial charge in [0.1, 0.15) is 0 Å². The van der Waals surface area contributed by atoms with Crippen LogP contribution >= 0.6 is 0 Å². The van der Waals surface area contributed by atoms with Crippen molar-refractivity contribution in [3.8, 4) is 11.1 Å². The number of anilines is 2. The number of carbonyl (C=O) groups is 3. The topological polar surface area (TPSA) is 66.9 Å². The highest BCUT2D eigenvalue weighted by molar-refractivity contribution is 5.99. The molecule has 6 heteroatoms. The zero-order chi connectivity index (χ0) is 27.0. The average molecular weight is 537 g/mol. The minimum atomic E-state index is -0.544. The lowest BCUT2D eigenvalue weighted by Gasteiger charge is -2.26. The number of ether oxygens (including phenoxy) is 1. The molecule has 2 saturated heterocycles. The second kappa shape index (κ2) is 9.32. The molecule has 2 amide bonds. The standard InChI is InChI=1S/C34H36N2O4/c37-31-16-21-7-3-9-29(21)35(31)23-11-13-25-26-14-12-24(36-30-10-4-8-22(30)17-32(36)38)19-28(26)34(27(25)18-23)40-33(39)15-20-5-1-2-6-20/h1,5,11-14,18-22,29-30,34H,2-4,6-10,15-17H2/t20?,21-,22-,29-,30-/m1/s1. The van der Waals surface area contributed by atoms with Crippen LogP contribution in [0.25, 0.3) is 11.1 Å². The van der Waals surface area contributed by atoms with Crippen molar-refractivity contribution >= 4 is 29.2 Å². The van der Waals surface area contributed by atoms with Gasteiger partial charge in [-0.25, -0.2) is 0 Å². The van der Waals surface area contributed by atoms with Gasteiger partial charge < -0.3 is 14.5 Å². The van der Waals surface area contributed by atoms with Gasteiger partial charge in [0.15, 0.2) is 6.10 Å². The third-order valence-corrected chi connectivity index (χ3v) is 10.6. The zero-order valence-electron chi connectivity index (χ0n) is 22.9. The number of benzene rings is 2. The fourth-order valence-corrected chi connectivity index (χ4v) is 8.75. The molecule has 5 atom stereocenters. The molecule has 4 aliphatic carbocycles. The molecule has 1 unspecified atom stereocenters. The molecule has 4 fully saturated rings. The van der Waals surface area contributed by atoms with Crippen molar-refractivity contribution < 1.29 is 19.1 Å². The minimum Gasteiger partial charge on any atom is -0.452 e. The number of amides is 2. The SMILES string of the molecule is O=C(CC1C=CCC1)OC1c2cc(N3C(=O)C[C@H]4CCC[C@H]43)ccc2-c2ccc(N3C(=O)C[C@H]4CCC[C@H]43)cc21. The Bertz CT molecular complexity index is 1360. The van der Waals surface area contributed by atoms with Crippen LogP contribution in [-0.4, -0.2) is 29.9 Å². The first-order valence-electron chi connectivity index (χ1n) is 15.3. The lowest BCUT2D eigenvalue weighted by Crippen LogP contribution is -2.33. The molecule has 6 aliphatic rings. The maximum Gasteiger partial charge on any atom is 0.307 e. The maximum atomic E-state index is 13.3. The van der Waals surface area contributed by atoms with E-state index in [1.807, 2.05) is 9.80 Å². The quantitative estimate of drug-likeness (QED) is 0.325. The molecular weight excluding hydrogens is 500 g/mol. The van der Waals surface area contributed by atoms with Gasteiger partial charge in [-0.1, -0.05) is 37.1 Å². The van der Waals surface area contributed by atoms with Gasteiger partial charge in [0.05, 0.1) is 6.42 Å². The molecular formula is C34H36N2O4. The zero-order valence-corrected chi connectivity index (χ0v) is 22.9. The number of fused-ring (bicyclic) bond motifs is 5. The van der Waals surface area contributed by atoms with Gasteiger partial charge in [0.25, 0.3) is 0 Å². The van der Waals surface area contributed by atoms with Crippen molar-refractivity contribution in [1.82, 2.24) is 0 Å². The van der Waals surface area contributed by atoms with Crippen molar-refractivity contribution in [2.24, 2.45) is 17.8 Å². The number of hydrogen-bond donors (Lipinski definition) is 0. The molecule has 6 nitrogen and oxygen atoms in total. The monoisotopic (exact) mass is 536 g/mol. The van der Waals surface area contributed by atoms with Gasteiger partial charge in [-0.3, -0.25) is 14.4 Å². The van der Waals surface area contributed by atoms with Crippen molar-refractivity contribution in [2.45, 2.75) is 88.8 Å². The molecule has 2 heterocycles. The van der Waals surface area contributed by atoms with Crippen LogP contribution < -0.4 is 9.80 Å². The molecule has 2 saturated carbocycles. The molecule has 8 rings (SSSR count). The number of allylic oxidation sites excluding steroid dienone is 2. The highest BCUT2D eigenvalue weighted by Crippen LogP contribution is 2.51. The summed E-state index contributed by atoms with van der Waals surface area (Å²) in [6.45, 7) is 0. The van der Waals surface area contributed by atoms with Crippen LogP contribution in [0.1, 0.15) is 87.9 Å². The van der Waals surface area contributed by atoms with Crippen LogP contribution in [0, 0.1) is 17.8 Å². The summed E-state index contributed by atoms with van der Waals surface area (Å²) in [5.41, 5.74) is 5.81. The van der Waals surface area contributed by atoms with Crippen molar-refractivity contribution in [3.05, 3.63) is 59.7 Å². The summed E-state index contributed by atoms with van der Waals surface area (Å²) >= 11 is 0. The van der Waals surface area contributed by atoms with Crippen LogP contribution in [0.2, 0.25) is 0 Å². The normalized spacial score (nSPS) is 30.2. The number of carbonyl (C=O) groups excluding carboxylic acids is 3. The largest absolute Gasteiger partial charge is 0.452 e. The maximum absolute atomic E-state index is 13.3. The number of rotatable bonds is 5.